The number of rotatable bonds is 5. The second-order valence-corrected chi connectivity index (χ2v) is 6.70. The van der Waals surface area contributed by atoms with Gasteiger partial charge in [-0.3, -0.25) is 0 Å². The van der Waals surface area contributed by atoms with Crippen LogP contribution in [0.4, 0.5) is 5.82 Å². The van der Waals surface area contributed by atoms with Gasteiger partial charge in [0.2, 0.25) is 0 Å². The maximum atomic E-state index is 4.84. The first-order valence-corrected chi connectivity index (χ1v) is 8.81. The number of hydrogen-bond acceptors (Lipinski definition) is 5. The molecule has 0 atom stereocenters. The summed E-state index contributed by atoms with van der Waals surface area (Å²) in [6, 6.07) is 2.03. The zero-order chi connectivity index (χ0) is 18.1. The number of allylic oxidation sites excluding steroid dienone is 2. The van der Waals surface area contributed by atoms with E-state index in [2.05, 4.69) is 21.7 Å². The Kier molecular flexibility index (Phi) is 4.20. The summed E-state index contributed by atoms with van der Waals surface area (Å²) in [4.78, 5) is 9.15. The van der Waals surface area contributed by atoms with E-state index in [1.807, 2.05) is 60.6 Å². The molecule has 3 aromatic heterocycles. The highest BCUT2D eigenvalue weighted by Crippen LogP contribution is 2.22. The minimum Gasteiger partial charge on any atom is -0.383 e. The second kappa shape index (κ2) is 6.67. The Morgan fingerprint density at radius 2 is 2.00 bits per heavy atom. The molecule has 0 aliphatic carbocycles. The maximum absolute atomic E-state index is 4.84. The summed E-state index contributed by atoms with van der Waals surface area (Å²) in [5, 5.41) is 8.93. The van der Waals surface area contributed by atoms with Gasteiger partial charge in [0.25, 0.3) is 0 Å². The van der Waals surface area contributed by atoms with Crippen molar-refractivity contribution in [2.45, 2.75) is 12.8 Å². The fourth-order valence-corrected chi connectivity index (χ4v) is 3.26. The summed E-state index contributed by atoms with van der Waals surface area (Å²) in [6.07, 6.45) is 13.9. The van der Waals surface area contributed by atoms with E-state index < -0.39 is 0 Å². The van der Waals surface area contributed by atoms with Crippen molar-refractivity contribution in [1.82, 2.24) is 29.3 Å². The van der Waals surface area contributed by atoms with Gasteiger partial charge < -0.3 is 9.80 Å². The third-order valence-corrected chi connectivity index (χ3v) is 4.55. The molecule has 7 heteroatoms. The average Bonchev–Trinajstić information content (AvgIpc) is 3.38. The molecule has 0 saturated carbocycles. The highest BCUT2D eigenvalue weighted by molar-refractivity contribution is 5.73. The van der Waals surface area contributed by atoms with Crippen molar-refractivity contribution >= 4 is 17.0 Å². The number of hydrogen-bond donors (Lipinski definition) is 0. The SMILES string of the molecule is C=C/C(=C\N(C)C)c1cnn(-c2cnn3ccc(N4CCCC4)nc23)c1. The van der Waals surface area contributed by atoms with E-state index in [-0.39, 0.29) is 0 Å². The summed E-state index contributed by atoms with van der Waals surface area (Å²) >= 11 is 0. The molecule has 0 amide bonds. The van der Waals surface area contributed by atoms with Crippen molar-refractivity contribution in [1.29, 1.82) is 0 Å². The monoisotopic (exact) mass is 349 g/mol. The van der Waals surface area contributed by atoms with Crippen molar-refractivity contribution < 1.29 is 0 Å². The largest absolute Gasteiger partial charge is 0.383 e. The van der Waals surface area contributed by atoms with E-state index in [4.69, 9.17) is 4.98 Å². The molecular formula is C19H23N7. The first-order chi connectivity index (χ1) is 12.7. The lowest BCUT2D eigenvalue weighted by molar-refractivity contribution is 0.566. The molecule has 0 N–H and O–H groups in total. The summed E-state index contributed by atoms with van der Waals surface area (Å²) in [5.74, 6) is 1.00. The molecule has 0 radical (unpaired) electrons. The van der Waals surface area contributed by atoms with Gasteiger partial charge in [-0.1, -0.05) is 12.7 Å². The first kappa shape index (κ1) is 16.4. The lowest BCUT2D eigenvalue weighted by Gasteiger charge is -2.16. The molecule has 1 saturated heterocycles. The normalized spacial score (nSPS) is 15.0. The van der Waals surface area contributed by atoms with Crippen LogP contribution < -0.4 is 4.90 Å². The molecule has 1 fully saturated rings. The summed E-state index contributed by atoms with van der Waals surface area (Å²) < 4.78 is 3.62. The van der Waals surface area contributed by atoms with Gasteiger partial charge in [0.1, 0.15) is 11.5 Å². The fraction of sp³-hybridized carbons (Fsp3) is 0.316. The van der Waals surface area contributed by atoms with Gasteiger partial charge in [-0.2, -0.15) is 10.2 Å². The molecule has 0 aromatic carbocycles. The predicted molar refractivity (Wildman–Crippen MR) is 103 cm³/mol. The molecular weight excluding hydrogens is 326 g/mol. The van der Waals surface area contributed by atoms with Crippen LogP contribution in [0.3, 0.4) is 0 Å². The molecule has 7 nitrogen and oxygen atoms in total. The quantitative estimate of drug-likeness (QED) is 0.663. The van der Waals surface area contributed by atoms with Crippen molar-refractivity contribution in [2.24, 2.45) is 0 Å². The van der Waals surface area contributed by atoms with Crippen LogP contribution in [0.5, 0.6) is 0 Å². The highest BCUT2D eigenvalue weighted by Gasteiger charge is 2.16. The molecule has 4 rings (SSSR count). The first-order valence-electron chi connectivity index (χ1n) is 8.81. The Labute approximate surface area is 152 Å². The van der Waals surface area contributed by atoms with E-state index in [0.29, 0.717) is 0 Å². The highest BCUT2D eigenvalue weighted by atomic mass is 15.3. The van der Waals surface area contributed by atoms with Crippen molar-refractivity contribution in [3.8, 4) is 5.69 Å². The van der Waals surface area contributed by atoms with E-state index in [0.717, 1.165) is 41.4 Å². The van der Waals surface area contributed by atoms with Crippen LogP contribution in [-0.4, -0.2) is 56.5 Å². The Morgan fingerprint density at radius 1 is 1.19 bits per heavy atom. The predicted octanol–water partition coefficient (Wildman–Crippen LogP) is 2.60. The third kappa shape index (κ3) is 2.96. The number of anilines is 1. The van der Waals surface area contributed by atoms with E-state index >= 15 is 0 Å². The molecule has 4 heterocycles. The van der Waals surface area contributed by atoms with Crippen LogP contribution in [-0.2, 0) is 0 Å². The van der Waals surface area contributed by atoms with Gasteiger partial charge in [-0.05, 0) is 18.9 Å². The lowest BCUT2D eigenvalue weighted by Crippen LogP contribution is -2.19. The van der Waals surface area contributed by atoms with Crippen molar-refractivity contribution in [3.05, 3.63) is 55.3 Å². The van der Waals surface area contributed by atoms with E-state index in [1.54, 1.807) is 10.7 Å². The fourth-order valence-electron chi connectivity index (χ4n) is 3.26. The number of fused-ring (bicyclic) bond motifs is 1. The minimum absolute atomic E-state index is 0.806. The van der Waals surface area contributed by atoms with E-state index in [1.165, 1.54) is 12.8 Å². The van der Waals surface area contributed by atoms with Crippen molar-refractivity contribution in [3.63, 3.8) is 0 Å². The molecule has 1 aliphatic rings. The zero-order valence-electron chi connectivity index (χ0n) is 15.2. The van der Waals surface area contributed by atoms with Crippen LogP contribution in [0.2, 0.25) is 0 Å². The summed E-state index contributed by atoms with van der Waals surface area (Å²) in [6.45, 7) is 6.03. The number of nitrogens with zero attached hydrogens (tertiary/aromatic N) is 7. The summed E-state index contributed by atoms with van der Waals surface area (Å²) in [7, 11) is 3.98. The molecule has 0 spiro atoms. The van der Waals surface area contributed by atoms with Gasteiger partial charge in [0, 0.05) is 56.9 Å². The Balaban J connectivity index is 1.73. The van der Waals surface area contributed by atoms with E-state index in [9.17, 15) is 0 Å². The van der Waals surface area contributed by atoms with Gasteiger partial charge in [-0.25, -0.2) is 14.2 Å². The topological polar surface area (TPSA) is 54.5 Å². The van der Waals surface area contributed by atoms with Crippen molar-refractivity contribution in [2.75, 3.05) is 32.1 Å². The Hall–Kier alpha value is -3.09. The number of aromatic nitrogens is 5. The van der Waals surface area contributed by atoms with Crippen LogP contribution in [0.25, 0.3) is 16.9 Å². The molecule has 3 aromatic rings. The minimum atomic E-state index is 0.806. The van der Waals surface area contributed by atoms with Crippen LogP contribution in [0, 0.1) is 0 Å². The molecule has 0 bridgehead atoms. The maximum Gasteiger partial charge on any atom is 0.183 e. The third-order valence-electron chi connectivity index (χ3n) is 4.55. The molecule has 1 aliphatic heterocycles. The van der Waals surface area contributed by atoms with Crippen LogP contribution in [0.15, 0.2) is 49.7 Å². The molecule has 0 unspecified atom stereocenters. The van der Waals surface area contributed by atoms with Gasteiger partial charge in [0.15, 0.2) is 5.65 Å². The van der Waals surface area contributed by atoms with Crippen LogP contribution >= 0.6 is 0 Å². The van der Waals surface area contributed by atoms with Crippen LogP contribution in [0.1, 0.15) is 18.4 Å². The molecule has 134 valence electrons. The zero-order valence-corrected chi connectivity index (χ0v) is 15.2. The smallest absolute Gasteiger partial charge is 0.183 e. The van der Waals surface area contributed by atoms with Gasteiger partial charge in [0.05, 0.1) is 12.4 Å². The lowest BCUT2D eigenvalue weighted by atomic mass is 10.1. The Morgan fingerprint density at radius 3 is 2.73 bits per heavy atom. The van der Waals surface area contributed by atoms with Gasteiger partial charge in [-0.15, -0.1) is 0 Å². The standard InChI is InChI=1S/C19H23N7/c1-4-15(13-23(2)3)16-11-20-26(14-16)17-12-21-25-10-7-18(22-19(17)25)24-8-5-6-9-24/h4,7,10-14H,1,5-6,8-9H2,2-3H3/b15-13+. The second-order valence-electron chi connectivity index (χ2n) is 6.70. The molecule has 26 heavy (non-hydrogen) atoms. The Bertz CT molecular complexity index is 957. The average molecular weight is 349 g/mol. The van der Waals surface area contributed by atoms with Gasteiger partial charge >= 0.3 is 0 Å². The summed E-state index contributed by atoms with van der Waals surface area (Å²) in [5.41, 5.74) is 3.69.